The van der Waals surface area contributed by atoms with Crippen molar-refractivity contribution < 1.29 is 13.0 Å². The first kappa shape index (κ1) is 17.3. The summed E-state index contributed by atoms with van der Waals surface area (Å²) in [5, 5.41) is -0.841. The minimum atomic E-state index is -4.10. The van der Waals surface area contributed by atoms with Crippen molar-refractivity contribution in [1.82, 2.24) is 0 Å². The average Bonchev–Trinajstić information content (AvgIpc) is 2.31. The fourth-order valence-electron chi connectivity index (χ4n) is 3.63. The molecule has 1 heterocycles. The van der Waals surface area contributed by atoms with Crippen LogP contribution in [0.3, 0.4) is 0 Å². The van der Waals surface area contributed by atoms with Gasteiger partial charge in [-0.1, -0.05) is 0 Å². The molecule has 0 saturated carbocycles. The van der Waals surface area contributed by atoms with Crippen molar-refractivity contribution in [2.45, 2.75) is 54.6 Å². The first-order valence-electron chi connectivity index (χ1n) is 7.44. The first-order valence-corrected chi connectivity index (χ1v) is 10.4. The number of benzene rings is 1. The van der Waals surface area contributed by atoms with Crippen molar-refractivity contribution in [1.29, 1.82) is 0 Å². The van der Waals surface area contributed by atoms with Gasteiger partial charge in [0.25, 0.3) is 0 Å². The number of fused-ring (bicyclic) bond motifs is 1. The molecule has 4 nitrogen and oxygen atoms in total. The molecule has 2 rings (SSSR count). The van der Waals surface area contributed by atoms with E-state index in [1.807, 2.05) is 17.9 Å². The SMILES string of the molecule is Cc1ccc2c(c1)N(C([CH2][Na])S(=O)(=O)O)C(C)(C)CC2C. The third kappa shape index (κ3) is 3.32. The molecule has 0 spiro atoms. The zero-order chi connectivity index (χ0) is 16.0. The molecule has 21 heavy (non-hydrogen) atoms. The molecule has 0 radical (unpaired) electrons. The summed E-state index contributed by atoms with van der Waals surface area (Å²) in [6.07, 6.45) is 0.872. The average molecular weight is 319 g/mol. The van der Waals surface area contributed by atoms with Gasteiger partial charge in [0.2, 0.25) is 0 Å². The number of rotatable bonds is 3. The molecule has 112 valence electrons. The Kier molecular flexibility index (Phi) is 4.82. The fraction of sp³-hybridized carbons (Fsp3) is 0.600. The predicted molar refractivity (Wildman–Crippen MR) is 86.7 cm³/mol. The first-order chi connectivity index (χ1) is 9.58. The molecule has 1 aliphatic rings. The number of aryl methyl sites for hydroxylation is 1. The quantitative estimate of drug-likeness (QED) is 0.687. The van der Waals surface area contributed by atoms with Crippen LogP contribution in [-0.4, -0.2) is 51.8 Å². The topological polar surface area (TPSA) is 57.6 Å². The summed E-state index contributed by atoms with van der Waals surface area (Å²) in [6, 6.07) is 6.20. The number of nitrogens with zero attached hydrogens (tertiary/aromatic N) is 1. The maximum absolute atomic E-state index is 11.9. The van der Waals surface area contributed by atoms with Crippen LogP contribution < -0.4 is 4.90 Å². The Hall–Kier alpha value is -0.0700. The Bertz CT molecular complexity index is 642. The second kappa shape index (κ2) is 5.85. The second-order valence-electron chi connectivity index (χ2n) is 6.73. The summed E-state index contributed by atoms with van der Waals surface area (Å²) < 4.78 is 33.9. The van der Waals surface area contributed by atoms with Gasteiger partial charge in [-0.2, -0.15) is 0 Å². The van der Waals surface area contributed by atoms with Crippen LogP contribution in [0.5, 0.6) is 0 Å². The summed E-state index contributed by atoms with van der Waals surface area (Å²) in [5.74, 6) is 0.378. The van der Waals surface area contributed by atoms with Crippen LogP contribution in [0.15, 0.2) is 18.2 Å². The molecule has 1 N–H and O–H groups in total. The maximum atomic E-state index is 11.9. The van der Waals surface area contributed by atoms with Gasteiger partial charge in [0.15, 0.2) is 0 Å². The van der Waals surface area contributed by atoms with Crippen molar-refractivity contribution >= 4 is 43.7 Å². The Morgan fingerprint density at radius 3 is 2.62 bits per heavy atom. The van der Waals surface area contributed by atoms with Crippen LogP contribution >= 0.6 is 0 Å². The van der Waals surface area contributed by atoms with E-state index in [9.17, 15) is 13.0 Å². The van der Waals surface area contributed by atoms with E-state index in [2.05, 4.69) is 32.9 Å². The molecule has 1 aliphatic heterocycles. The molecule has 0 aliphatic carbocycles. The van der Waals surface area contributed by atoms with Gasteiger partial charge in [-0.25, -0.2) is 0 Å². The van der Waals surface area contributed by atoms with Crippen LogP contribution in [0.1, 0.15) is 44.2 Å². The van der Waals surface area contributed by atoms with Crippen LogP contribution in [0, 0.1) is 6.92 Å². The van der Waals surface area contributed by atoms with Crippen LogP contribution in [0.2, 0.25) is 3.67 Å². The van der Waals surface area contributed by atoms with Gasteiger partial charge < -0.3 is 0 Å². The Morgan fingerprint density at radius 2 is 2.10 bits per heavy atom. The standard InChI is InChI=1S/C15H22NO3S.Na/c1-10-6-7-13-11(2)9-15(4,5)16(14(13)8-10)12(3)20(17,18)19;/h6-8,11-12H,3,9H2,1-2,4-5H3,(H,17,18,19);. The van der Waals surface area contributed by atoms with Crippen LogP contribution in [0.25, 0.3) is 0 Å². The molecule has 6 heteroatoms. The van der Waals surface area contributed by atoms with Gasteiger partial charge in [0.1, 0.15) is 0 Å². The molecular formula is C15H22NNaO3S. The van der Waals surface area contributed by atoms with Crippen LogP contribution in [0.4, 0.5) is 5.69 Å². The Morgan fingerprint density at radius 1 is 1.48 bits per heavy atom. The molecule has 0 saturated heterocycles. The van der Waals surface area contributed by atoms with Crippen molar-refractivity contribution in [2.75, 3.05) is 4.90 Å². The molecule has 1 aromatic carbocycles. The van der Waals surface area contributed by atoms with Gasteiger partial charge in [0, 0.05) is 0 Å². The molecular weight excluding hydrogens is 297 g/mol. The Labute approximate surface area is 145 Å². The molecule has 0 bridgehead atoms. The molecule has 0 aromatic heterocycles. The van der Waals surface area contributed by atoms with E-state index in [1.54, 1.807) is 0 Å². The van der Waals surface area contributed by atoms with Gasteiger partial charge >= 0.3 is 146 Å². The summed E-state index contributed by atoms with van der Waals surface area (Å²) in [6.45, 7) is 8.30. The zero-order valence-electron chi connectivity index (χ0n) is 13.4. The zero-order valence-corrected chi connectivity index (χ0v) is 16.2. The third-order valence-corrected chi connectivity index (χ3v) is 7.01. The van der Waals surface area contributed by atoms with Crippen molar-refractivity contribution in [3.05, 3.63) is 29.3 Å². The van der Waals surface area contributed by atoms with Crippen molar-refractivity contribution in [3.63, 3.8) is 0 Å². The summed E-state index contributed by atoms with van der Waals surface area (Å²) in [7, 11) is -4.10. The second-order valence-corrected chi connectivity index (χ2v) is 9.12. The van der Waals surface area contributed by atoms with Crippen molar-refractivity contribution in [2.24, 2.45) is 0 Å². The van der Waals surface area contributed by atoms with E-state index < -0.39 is 15.5 Å². The van der Waals surface area contributed by atoms with Gasteiger partial charge in [0.05, 0.1) is 0 Å². The number of anilines is 1. The number of hydrogen-bond donors (Lipinski definition) is 1. The van der Waals surface area contributed by atoms with E-state index in [0.29, 0.717) is 9.59 Å². The van der Waals surface area contributed by atoms with E-state index >= 15 is 0 Å². The molecule has 2 atom stereocenters. The molecule has 0 fully saturated rings. The van der Waals surface area contributed by atoms with Gasteiger partial charge in [-0.05, 0) is 0 Å². The molecule has 0 amide bonds. The predicted octanol–water partition coefficient (Wildman–Crippen LogP) is 2.89. The third-order valence-electron chi connectivity index (χ3n) is 4.42. The van der Waals surface area contributed by atoms with E-state index in [1.165, 1.54) is 5.56 Å². The molecule has 2 unspecified atom stereocenters. The fourth-order valence-corrected chi connectivity index (χ4v) is 6.35. The normalized spacial score (nSPS) is 22.8. The van der Waals surface area contributed by atoms with Gasteiger partial charge in [-0.3, -0.25) is 0 Å². The monoisotopic (exact) mass is 319 g/mol. The Balaban J connectivity index is 2.68. The van der Waals surface area contributed by atoms with Crippen molar-refractivity contribution in [3.8, 4) is 0 Å². The summed E-state index contributed by atoms with van der Waals surface area (Å²) in [5.41, 5.74) is 2.93. The van der Waals surface area contributed by atoms with E-state index in [0.717, 1.165) is 45.6 Å². The van der Waals surface area contributed by atoms with Crippen LogP contribution in [-0.2, 0) is 10.1 Å². The van der Waals surface area contributed by atoms with E-state index in [-0.39, 0.29) is 5.54 Å². The number of hydrogen-bond acceptors (Lipinski definition) is 3. The van der Waals surface area contributed by atoms with E-state index in [4.69, 9.17) is 0 Å². The summed E-state index contributed by atoms with van der Waals surface area (Å²) in [4.78, 5) is 1.93. The summed E-state index contributed by atoms with van der Waals surface area (Å²) >= 11 is 0.720. The minimum absolute atomic E-state index is 0.301. The van der Waals surface area contributed by atoms with Gasteiger partial charge in [-0.15, -0.1) is 0 Å². The molecule has 1 aromatic rings.